The van der Waals surface area contributed by atoms with Crippen LogP contribution in [0.1, 0.15) is 15.9 Å². The first-order chi connectivity index (χ1) is 16.3. The van der Waals surface area contributed by atoms with Gasteiger partial charge in [-0.15, -0.1) is 0 Å². The van der Waals surface area contributed by atoms with E-state index in [9.17, 15) is 19.0 Å². The Hall–Kier alpha value is -2.89. The van der Waals surface area contributed by atoms with Gasteiger partial charge in [0.05, 0.1) is 34.9 Å². The number of hydrogen-bond acceptors (Lipinski definition) is 8. The Morgan fingerprint density at radius 2 is 2.00 bits per heavy atom. The zero-order valence-corrected chi connectivity index (χ0v) is 19.4. The highest BCUT2D eigenvalue weighted by Gasteiger charge is 2.37. The number of hydrogen-bond donors (Lipinski definition) is 5. The van der Waals surface area contributed by atoms with Crippen LogP contribution in [0.2, 0.25) is 0 Å². The van der Waals surface area contributed by atoms with Crippen LogP contribution in [0.3, 0.4) is 0 Å². The number of anilines is 2. The van der Waals surface area contributed by atoms with Crippen molar-refractivity contribution in [3.8, 4) is 0 Å². The lowest BCUT2D eigenvalue weighted by Crippen LogP contribution is -2.52. The zero-order chi connectivity index (χ0) is 23.9. The maximum absolute atomic E-state index is 11.6. The Morgan fingerprint density at radius 3 is 2.71 bits per heavy atom. The number of rotatable bonds is 6. The summed E-state index contributed by atoms with van der Waals surface area (Å²) in [4.78, 5) is 19.0. The van der Waals surface area contributed by atoms with E-state index < -0.39 is 16.6 Å². The van der Waals surface area contributed by atoms with Gasteiger partial charge < -0.3 is 25.8 Å². The van der Waals surface area contributed by atoms with Gasteiger partial charge in [-0.05, 0) is 29.8 Å². The number of carboxylic acids is 1. The van der Waals surface area contributed by atoms with E-state index >= 15 is 0 Å². The van der Waals surface area contributed by atoms with Crippen LogP contribution in [0.15, 0.2) is 53.4 Å². The van der Waals surface area contributed by atoms with Crippen LogP contribution in [0, 0.1) is 5.41 Å². The maximum Gasteiger partial charge on any atom is 0.335 e. The predicted molar refractivity (Wildman–Crippen MR) is 133 cm³/mol. The molecule has 6 N–H and O–H groups in total. The van der Waals surface area contributed by atoms with E-state index in [2.05, 4.69) is 5.32 Å². The molecule has 2 aliphatic heterocycles. The van der Waals surface area contributed by atoms with Crippen LogP contribution in [0.5, 0.6) is 0 Å². The van der Waals surface area contributed by atoms with Gasteiger partial charge in [0.1, 0.15) is 5.82 Å². The Bertz CT molecular complexity index is 1240. The number of carbonyl (C=O) groups is 1. The molecule has 3 aromatic rings. The van der Waals surface area contributed by atoms with E-state index in [1.807, 2.05) is 29.2 Å². The minimum absolute atomic E-state index is 0.154. The summed E-state index contributed by atoms with van der Waals surface area (Å²) in [5, 5.41) is 13.7. The molecule has 0 aliphatic carbocycles. The first-order valence-electron chi connectivity index (χ1n) is 11.1. The Morgan fingerprint density at radius 1 is 1.21 bits per heavy atom. The minimum atomic E-state index is -2.89. The summed E-state index contributed by atoms with van der Waals surface area (Å²) in [6, 6.07) is 14.2. The average molecular weight is 485 g/mol. The highest BCUT2D eigenvalue weighted by atomic mass is 32.3. The molecule has 0 bridgehead atoms. The molecule has 9 nitrogen and oxygen atoms in total. The van der Waals surface area contributed by atoms with Crippen LogP contribution < -0.4 is 16.0 Å². The van der Waals surface area contributed by atoms with E-state index in [-0.39, 0.29) is 16.7 Å². The van der Waals surface area contributed by atoms with E-state index in [4.69, 9.17) is 15.5 Å². The van der Waals surface area contributed by atoms with Crippen LogP contribution in [-0.4, -0.2) is 63.8 Å². The van der Waals surface area contributed by atoms with Crippen molar-refractivity contribution in [2.75, 3.05) is 48.8 Å². The van der Waals surface area contributed by atoms with Crippen LogP contribution >= 0.6 is 10.6 Å². The standard InChI is InChI=1S/C24H28N4O5S/c25-12-24(14-33-15-24)13-26-20-10-22(27-19-6-5-16(23(29)30)9-18(19)20)28-7-8-34(31,32)21-4-2-1-3-17(21)11-28/h1-6,9-10,31-32H,7-8,11-15,25H2,(H,26,27)(H,29,30). The lowest BCUT2D eigenvalue weighted by atomic mass is 9.86. The second kappa shape index (κ2) is 8.71. The van der Waals surface area contributed by atoms with E-state index in [1.165, 1.54) is 0 Å². The zero-order valence-electron chi connectivity index (χ0n) is 18.6. The number of benzene rings is 2. The number of nitrogens with one attached hydrogen (secondary N) is 1. The molecule has 0 radical (unpaired) electrons. The molecular weight excluding hydrogens is 456 g/mol. The molecule has 2 aromatic carbocycles. The number of fused-ring (bicyclic) bond motifs is 2. The largest absolute Gasteiger partial charge is 0.478 e. The molecule has 1 aromatic heterocycles. The van der Waals surface area contributed by atoms with Gasteiger partial charge in [0.25, 0.3) is 0 Å². The first-order valence-corrected chi connectivity index (χ1v) is 12.8. The van der Waals surface area contributed by atoms with Crippen molar-refractivity contribution in [1.29, 1.82) is 0 Å². The van der Waals surface area contributed by atoms with Crippen molar-refractivity contribution in [2.45, 2.75) is 11.4 Å². The van der Waals surface area contributed by atoms with Gasteiger partial charge in [-0.2, -0.15) is 10.6 Å². The summed E-state index contributed by atoms with van der Waals surface area (Å²) in [5.74, 6) is -0.119. The molecule has 3 heterocycles. The first kappa shape index (κ1) is 22.9. The molecule has 5 rings (SSSR count). The van der Waals surface area contributed by atoms with Crippen molar-refractivity contribution >= 4 is 39.0 Å². The highest BCUT2D eigenvalue weighted by Crippen LogP contribution is 2.51. The van der Waals surface area contributed by atoms with Crippen molar-refractivity contribution in [3.63, 3.8) is 0 Å². The molecule has 34 heavy (non-hydrogen) atoms. The molecule has 10 heteroatoms. The Kier molecular flexibility index (Phi) is 5.86. The van der Waals surface area contributed by atoms with Crippen molar-refractivity contribution < 1.29 is 23.7 Å². The fourth-order valence-electron chi connectivity index (χ4n) is 4.40. The van der Waals surface area contributed by atoms with Gasteiger partial charge in [-0.1, -0.05) is 18.2 Å². The molecule has 0 unspecified atom stereocenters. The Balaban J connectivity index is 1.55. The second-order valence-corrected chi connectivity index (χ2v) is 11.2. The molecule has 0 amide bonds. The molecule has 180 valence electrons. The number of aromatic nitrogens is 1. The third-order valence-electron chi connectivity index (χ3n) is 6.60. The summed E-state index contributed by atoms with van der Waals surface area (Å²) in [5.41, 5.74) is 8.27. The Labute approximate surface area is 198 Å². The summed E-state index contributed by atoms with van der Waals surface area (Å²) in [7, 11) is -2.89. The smallest absolute Gasteiger partial charge is 0.335 e. The van der Waals surface area contributed by atoms with Crippen LogP contribution in [0.4, 0.5) is 11.5 Å². The number of ether oxygens (including phenoxy) is 1. The quantitative estimate of drug-likeness (QED) is 0.356. The van der Waals surface area contributed by atoms with Crippen molar-refractivity contribution in [1.82, 2.24) is 4.98 Å². The van der Waals surface area contributed by atoms with Crippen LogP contribution in [0.25, 0.3) is 10.9 Å². The molecule has 0 saturated carbocycles. The van der Waals surface area contributed by atoms with Gasteiger partial charge >= 0.3 is 5.97 Å². The third kappa shape index (κ3) is 4.19. The molecule has 1 fully saturated rings. The predicted octanol–water partition coefficient (Wildman–Crippen LogP) is 3.45. The van der Waals surface area contributed by atoms with E-state index in [0.717, 1.165) is 11.3 Å². The molecule has 0 atom stereocenters. The number of pyridine rings is 1. The van der Waals surface area contributed by atoms with Gasteiger partial charge in [-0.3, -0.25) is 9.11 Å². The second-order valence-electron chi connectivity index (χ2n) is 9.02. The summed E-state index contributed by atoms with van der Waals surface area (Å²) in [6.07, 6.45) is 0. The SMILES string of the molecule is NCC1(CNc2cc(N3CCS(O)(O)c4ccccc4C3)nc3ccc(C(=O)O)cc23)COC1. The normalized spacial score (nSPS) is 19.6. The fraction of sp³-hybridized carbons (Fsp3) is 0.333. The number of nitrogens with zero attached hydrogens (tertiary/aromatic N) is 2. The number of carboxylic acid groups (broad SMARTS) is 1. The molecule has 1 saturated heterocycles. The summed E-state index contributed by atoms with van der Waals surface area (Å²) < 4.78 is 26.8. The average Bonchev–Trinajstić information content (AvgIpc) is 2.94. The fourth-order valence-corrected chi connectivity index (χ4v) is 5.94. The maximum atomic E-state index is 11.6. The molecule has 2 aliphatic rings. The summed E-state index contributed by atoms with van der Waals surface area (Å²) in [6.45, 7) is 3.13. The highest BCUT2D eigenvalue weighted by molar-refractivity contribution is 8.24. The van der Waals surface area contributed by atoms with Crippen LogP contribution in [-0.2, 0) is 11.3 Å². The molecule has 0 spiro atoms. The lowest BCUT2D eigenvalue weighted by Gasteiger charge is -2.40. The number of aromatic carboxylic acids is 1. The van der Waals surface area contributed by atoms with E-state index in [0.29, 0.717) is 61.0 Å². The third-order valence-corrected chi connectivity index (χ3v) is 8.46. The van der Waals surface area contributed by atoms with Crippen molar-refractivity contribution in [3.05, 3.63) is 59.7 Å². The minimum Gasteiger partial charge on any atom is -0.478 e. The van der Waals surface area contributed by atoms with E-state index in [1.54, 1.807) is 24.3 Å². The lowest BCUT2D eigenvalue weighted by molar-refractivity contribution is -0.0979. The van der Waals surface area contributed by atoms with Gasteiger partial charge in [0.2, 0.25) is 0 Å². The van der Waals surface area contributed by atoms with Gasteiger partial charge in [0.15, 0.2) is 0 Å². The topological polar surface area (TPSA) is 141 Å². The van der Waals surface area contributed by atoms with Crippen molar-refractivity contribution in [2.24, 2.45) is 11.1 Å². The van der Waals surface area contributed by atoms with Gasteiger partial charge in [-0.25, -0.2) is 9.78 Å². The van der Waals surface area contributed by atoms with Gasteiger partial charge in [0, 0.05) is 48.7 Å². The summed E-state index contributed by atoms with van der Waals surface area (Å²) >= 11 is 0. The molecular formula is C24H28N4O5S. The monoisotopic (exact) mass is 484 g/mol. The number of nitrogens with two attached hydrogens (primary N) is 1.